The van der Waals surface area contributed by atoms with Crippen molar-refractivity contribution in [2.75, 3.05) is 10.7 Å². The molecule has 0 saturated heterocycles. The number of hydrogen-bond donors (Lipinski definition) is 1. The van der Waals surface area contributed by atoms with Gasteiger partial charge in [0.1, 0.15) is 0 Å². The molecule has 1 amide bonds. The molecule has 0 aromatic carbocycles. The number of carbonyl (C=O) groups excluding carboxylic acids is 1. The van der Waals surface area contributed by atoms with E-state index < -0.39 is 0 Å². The third-order valence-corrected chi connectivity index (χ3v) is 5.97. The minimum absolute atomic E-state index is 0.134. The highest BCUT2D eigenvalue weighted by Gasteiger charge is 2.39. The van der Waals surface area contributed by atoms with E-state index in [0.29, 0.717) is 0 Å². The third kappa shape index (κ3) is 3.00. The van der Waals surface area contributed by atoms with Crippen molar-refractivity contribution in [3.05, 3.63) is 0 Å². The van der Waals surface area contributed by atoms with E-state index in [4.69, 9.17) is 0 Å². The largest absolute Gasteiger partial charge is 0.349 e. The van der Waals surface area contributed by atoms with Gasteiger partial charge in [0.05, 0.1) is 5.54 Å². The van der Waals surface area contributed by atoms with Gasteiger partial charge < -0.3 is 5.32 Å². The van der Waals surface area contributed by atoms with Crippen LogP contribution < -0.4 is 5.32 Å². The molecule has 1 aliphatic carbocycles. The molecule has 1 rings (SSSR count). The number of alkyl halides is 2. The van der Waals surface area contributed by atoms with Crippen molar-refractivity contribution in [2.24, 2.45) is 5.41 Å². The van der Waals surface area contributed by atoms with E-state index in [1.807, 2.05) is 0 Å². The molecule has 0 aliphatic heterocycles. The second-order valence-electron chi connectivity index (χ2n) is 5.12. The molecule has 16 heavy (non-hydrogen) atoms. The number of halogens is 2. The molecule has 0 aromatic heterocycles. The molecule has 0 spiro atoms. The van der Waals surface area contributed by atoms with Gasteiger partial charge in [0.2, 0.25) is 5.91 Å². The molecule has 0 atom stereocenters. The van der Waals surface area contributed by atoms with Crippen LogP contribution in [-0.4, -0.2) is 22.1 Å². The molecule has 1 aliphatic rings. The van der Waals surface area contributed by atoms with Gasteiger partial charge in [0.25, 0.3) is 0 Å². The van der Waals surface area contributed by atoms with E-state index in [1.165, 1.54) is 12.8 Å². The van der Waals surface area contributed by atoms with E-state index >= 15 is 0 Å². The highest BCUT2D eigenvalue weighted by Crippen LogP contribution is 2.38. The Hall–Kier alpha value is 0.430. The zero-order valence-electron chi connectivity index (χ0n) is 10.1. The third-order valence-electron chi connectivity index (χ3n) is 3.82. The van der Waals surface area contributed by atoms with Gasteiger partial charge in [-0.2, -0.15) is 0 Å². The van der Waals surface area contributed by atoms with Gasteiger partial charge >= 0.3 is 0 Å². The lowest BCUT2D eigenvalue weighted by atomic mass is 9.86. The standard InChI is InChI=1S/C12H21Br2NO/c1-3-12(8-13,9-14)15-10(16)11(2)6-4-5-7-11/h3-9H2,1-2H3,(H,15,16). The van der Waals surface area contributed by atoms with Crippen molar-refractivity contribution in [3.63, 3.8) is 0 Å². The smallest absolute Gasteiger partial charge is 0.226 e. The minimum Gasteiger partial charge on any atom is -0.349 e. The number of carbonyl (C=O) groups is 1. The number of nitrogens with one attached hydrogen (secondary N) is 1. The SMILES string of the molecule is CCC(CBr)(CBr)NC(=O)C1(C)CCCC1. The fraction of sp³-hybridized carbons (Fsp3) is 0.917. The molecule has 0 unspecified atom stereocenters. The van der Waals surface area contributed by atoms with Crippen LogP contribution in [0.25, 0.3) is 0 Å². The van der Waals surface area contributed by atoms with Crippen LogP contribution in [0.1, 0.15) is 46.0 Å². The fourth-order valence-electron chi connectivity index (χ4n) is 2.15. The molecule has 0 heterocycles. The summed E-state index contributed by atoms with van der Waals surface area (Å²) in [5.41, 5.74) is -0.270. The van der Waals surface area contributed by atoms with Gasteiger partial charge in [-0.05, 0) is 19.3 Å². The first-order valence-electron chi connectivity index (χ1n) is 5.96. The summed E-state index contributed by atoms with van der Waals surface area (Å²) in [7, 11) is 0. The molecule has 1 fully saturated rings. The summed E-state index contributed by atoms with van der Waals surface area (Å²) >= 11 is 7.01. The zero-order valence-corrected chi connectivity index (χ0v) is 13.3. The first-order chi connectivity index (χ1) is 7.52. The van der Waals surface area contributed by atoms with Gasteiger partial charge in [-0.3, -0.25) is 4.79 Å². The molecule has 0 aromatic rings. The normalized spacial score (nSPS) is 19.8. The average molecular weight is 355 g/mol. The van der Waals surface area contributed by atoms with Crippen molar-refractivity contribution >= 4 is 37.8 Å². The lowest BCUT2D eigenvalue weighted by Crippen LogP contribution is -2.54. The Balaban J connectivity index is 2.68. The fourth-order valence-corrected chi connectivity index (χ4v) is 4.16. The molecular weight excluding hydrogens is 334 g/mol. The molecule has 0 bridgehead atoms. The Morgan fingerprint density at radius 3 is 2.19 bits per heavy atom. The second-order valence-corrected chi connectivity index (χ2v) is 6.24. The first kappa shape index (κ1) is 14.5. The van der Waals surface area contributed by atoms with Crippen molar-refractivity contribution in [3.8, 4) is 0 Å². The minimum atomic E-state index is -0.136. The van der Waals surface area contributed by atoms with Crippen LogP contribution in [-0.2, 0) is 4.79 Å². The average Bonchev–Trinajstić information content (AvgIpc) is 2.74. The topological polar surface area (TPSA) is 29.1 Å². The van der Waals surface area contributed by atoms with Crippen molar-refractivity contribution in [1.29, 1.82) is 0 Å². The summed E-state index contributed by atoms with van der Waals surface area (Å²) in [6, 6.07) is 0. The Labute approximate surface area is 115 Å². The van der Waals surface area contributed by atoms with E-state index in [9.17, 15) is 4.79 Å². The highest BCUT2D eigenvalue weighted by molar-refractivity contribution is 9.09. The zero-order chi connectivity index (χ0) is 12.2. The van der Waals surface area contributed by atoms with Crippen LogP contribution >= 0.6 is 31.9 Å². The number of hydrogen-bond acceptors (Lipinski definition) is 1. The highest BCUT2D eigenvalue weighted by atomic mass is 79.9. The molecule has 4 heteroatoms. The van der Waals surface area contributed by atoms with Crippen molar-refractivity contribution in [2.45, 2.75) is 51.5 Å². The second kappa shape index (κ2) is 5.85. The summed E-state index contributed by atoms with van der Waals surface area (Å²) in [6.07, 6.45) is 5.37. The molecule has 0 radical (unpaired) electrons. The maximum Gasteiger partial charge on any atom is 0.226 e. The summed E-state index contributed by atoms with van der Waals surface area (Å²) in [4.78, 5) is 12.3. The molecule has 2 nitrogen and oxygen atoms in total. The summed E-state index contributed by atoms with van der Waals surface area (Å²) in [5, 5.41) is 4.82. The van der Waals surface area contributed by atoms with Gasteiger partial charge in [-0.1, -0.05) is 58.5 Å². The molecular formula is C12H21Br2NO. The van der Waals surface area contributed by atoms with Gasteiger partial charge in [0.15, 0.2) is 0 Å². The van der Waals surface area contributed by atoms with Crippen molar-refractivity contribution in [1.82, 2.24) is 5.32 Å². The monoisotopic (exact) mass is 353 g/mol. The quantitative estimate of drug-likeness (QED) is 0.750. The summed E-state index contributed by atoms with van der Waals surface area (Å²) in [6.45, 7) is 4.21. The van der Waals surface area contributed by atoms with E-state index in [-0.39, 0.29) is 16.9 Å². The Kier molecular flexibility index (Phi) is 5.30. The van der Waals surface area contributed by atoms with Gasteiger partial charge in [-0.25, -0.2) is 0 Å². The predicted molar refractivity (Wildman–Crippen MR) is 75.3 cm³/mol. The van der Waals surface area contributed by atoms with E-state index in [2.05, 4.69) is 51.0 Å². The Bertz CT molecular complexity index is 237. The number of rotatable bonds is 5. The maximum atomic E-state index is 12.3. The van der Waals surface area contributed by atoms with Crippen molar-refractivity contribution < 1.29 is 4.79 Å². The van der Waals surface area contributed by atoms with Crippen LogP contribution in [0.4, 0.5) is 0 Å². The molecule has 94 valence electrons. The molecule has 1 N–H and O–H groups in total. The van der Waals surface area contributed by atoms with Gasteiger partial charge in [-0.15, -0.1) is 0 Å². The Morgan fingerprint density at radius 1 is 1.31 bits per heavy atom. The van der Waals surface area contributed by atoms with Crippen LogP contribution in [0.15, 0.2) is 0 Å². The predicted octanol–water partition coefficient (Wildman–Crippen LogP) is 3.62. The lowest BCUT2D eigenvalue weighted by molar-refractivity contribution is -0.131. The first-order valence-corrected chi connectivity index (χ1v) is 8.21. The number of amides is 1. The van der Waals surface area contributed by atoms with E-state index in [0.717, 1.165) is 29.9 Å². The maximum absolute atomic E-state index is 12.3. The summed E-state index contributed by atoms with van der Waals surface area (Å²) < 4.78 is 0. The van der Waals surface area contributed by atoms with Crippen LogP contribution in [0, 0.1) is 5.41 Å². The molecule has 1 saturated carbocycles. The van der Waals surface area contributed by atoms with Crippen LogP contribution in [0.5, 0.6) is 0 Å². The van der Waals surface area contributed by atoms with Gasteiger partial charge in [0, 0.05) is 16.1 Å². The summed E-state index contributed by atoms with van der Waals surface area (Å²) in [5.74, 6) is 0.228. The Morgan fingerprint density at radius 2 is 1.81 bits per heavy atom. The van der Waals surface area contributed by atoms with Crippen LogP contribution in [0.3, 0.4) is 0 Å². The lowest BCUT2D eigenvalue weighted by Gasteiger charge is -2.34. The van der Waals surface area contributed by atoms with Crippen LogP contribution in [0.2, 0.25) is 0 Å². The van der Waals surface area contributed by atoms with E-state index in [1.54, 1.807) is 0 Å².